The Kier molecular flexibility index (Phi) is 4.73. The van der Waals surface area contributed by atoms with Gasteiger partial charge in [0.25, 0.3) is 0 Å². The van der Waals surface area contributed by atoms with Crippen molar-refractivity contribution in [3.05, 3.63) is 63.6 Å². The summed E-state index contributed by atoms with van der Waals surface area (Å²) in [6, 6.07) is 9.57. The average Bonchev–Trinajstić information content (AvgIpc) is 2.43. The SMILES string of the molecule is CC(N)c1ccc(OCc2c(F)ccc(Br)c2F)cc1. The van der Waals surface area contributed by atoms with E-state index in [-0.39, 0.29) is 22.7 Å². The van der Waals surface area contributed by atoms with Gasteiger partial charge in [-0.1, -0.05) is 12.1 Å². The van der Waals surface area contributed by atoms with Gasteiger partial charge in [-0.05, 0) is 52.7 Å². The Morgan fingerprint density at radius 1 is 1.15 bits per heavy atom. The van der Waals surface area contributed by atoms with E-state index in [4.69, 9.17) is 10.5 Å². The van der Waals surface area contributed by atoms with Crippen molar-refractivity contribution in [2.75, 3.05) is 0 Å². The Morgan fingerprint density at radius 3 is 2.40 bits per heavy atom. The Balaban J connectivity index is 2.11. The lowest BCUT2D eigenvalue weighted by atomic mass is 10.1. The number of benzene rings is 2. The quantitative estimate of drug-likeness (QED) is 0.840. The Morgan fingerprint density at radius 2 is 1.80 bits per heavy atom. The molecule has 0 aliphatic rings. The predicted octanol–water partition coefficient (Wildman–Crippen LogP) is 4.33. The first-order valence-electron chi connectivity index (χ1n) is 6.09. The molecule has 0 aliphatic heterocycles. The second-order valence-electron chi connectivity index (χ2n) is 4.47. The number of hydrogen-bond acceptors (Lipinski definition) is 2. The molecular weight excluding hydrogens is 328 g/mol. The van der Waals surface area contributed by atoms with Crippen molar-refractivity contribution < 1.29 is 13.5 Å². The molecule has 0 radical (unpaired) electrons. The molecular formula is C15H14BrF2NO. The Bertz CT molecular complexity index is 600. The van der Waals surface area contributed by atoms with Crippen molar-refractivity contribution >= 4 is 15.9 Å². The molecule has 5 heteroatoms. The molecule has 0 bridgehead atoms. The van der Waals surface area contributed by atoms with E-state index in [1.807, 2.05) is 19.1 Å². The molecule has 106 valence electrons. The van der Waals surface area contributed by atoms with E-state index in [1.54, 1.807) is 12.1 Å². The van der Waals surface area contributed by atoms with Crippen molar-refractivity contribution in [2.45, 2.75) is 19.6 Å². The highest BCUT2D eigenvalue weighted by molar-refractivity contribution is 9.10. The molecule has 2 aromatic carbocycles. The fourth-order valence-corrected chi connectivity index (χ4v) is 2.10. The third kappa shape index (κ3) is 3.35. The van der Waals surface area contributed by atoms with E-state index in [1.165, 1.54) is 12.1 Å². The lowest BCUT2D eigenvalue weighted by Crippen LogP contribution is -2.05. The lowest BCUT2D eigenvalue weighted by molar-refractivity contribution is 0.292. The summed E-state index contributed by atoms with van der Waals surface area (Å²) in [5, 5.41) is 0. The zero-order chi connectivity index (χ0) is 14.7. The molecule has 0 heterocycles. The van der Waals surface area contributed by atoms with Crippen LogP contribution in [0.2, 0.25) is 0 Å². The third-order valence-corrected chi connectivity index (χ3v) is 3.54. The van der Waals surface area contributed by atoms with Crippen molar-refractivity contribution in [2.24, 2.45) is 5.73 Å². The van der Waals surface area contributed by atoms with Gasteiger partial charge >= 0.3 is 0 Å². The molecule has 1 atom stereocenters. The summed E-state index contributed by atoms with van der Waals surface area (Å²) in [5.74, 6) is -0.733. The van der Waals surface area contributed by atoms with Crippen LogP contribution in [0.15, 0.2) is 40.9 Å². The fourth-order valence-electron chi connectivity index (χ4n) is 1.72. The van der Waals surface area contributed by atoms with Crippen LogP contribution in [0.4, 0.5) is 8.78 Å². The Hall–Kier alpha value is -1.46. The number of hydrogen-bond donors (Lipinski definition) is 1. The van der Waals surface area contributed by atoms with Crippen LogP contribution in [0.1, 0.15) is 24.1 Å². The molecule has 2 N–H and O–H groups in total. The molecule has 0 saturated carbocycles. The van der Waals surface area contributed by atoms with Crippen molar-refractivity contribution in [1.29, 1.82) is 0 Å². The first-order chi connectivity index (χ1) is 9.49. The molecule has 2 rings (SSSR count). The minimum atomic E-state index is -0.641. The van der Waals surface area contributed by atoms with E-state index in [9.17, 15) is 8.78 Å². The van der Waals surface area contributed by atoms with E-state index >= 15 is 0 Å². The maximum Gasteiger partial charge on any atom is 0.146 e. The second-order valence-corrected chi connectivity index (χ2v) is 5.32. The van der Waals surface area contributed by atoms with Crippen LogP contribution < -0.4 is 10.5 Å². The van der Waals surface area contributed by atoms with E-state index in [2.05, 4.69) is 15.9 Å². The third-order valence-electron chi connectivity index (χ3n) is 2.93. The highest BCUT2D eigenvalue weighted by Gasteiger charge is 2.13. The van der Waals surface area contributed by atoms with Gasteiger partial charge in [0.1, 0.15) is 24.0 Å². The molecule has 0 aromatic heterocycles. The zero-order valence-electron chi connectivity index (χ0n) is 10.9. The molecule has 1 unspecified atom stereocenters. The zero-order valence-corrected chi connectivity index (χ0v) is 12.5. The highest BCUT2D eigenvalue weighted by Crippen LogP contribution is 2.23. The van der Waals surface area contributed by atoms with Crippen LogP contribution in [0.5, 0.6) is 5.75 Å². The summed E-state index contributed by atoms with van der Waals surface area (Å²) < 4.78 is 32.9. The maximum absolute atomic E-state index is 13.8. The smallest absolute Gasteiger partial charge is 0.146 e. The summed E-state index contributed by atoms with van der Waals surface area (Å²) in [6.45, 7) is 1.71. The molecule has 20 heavy (non-hydrogen) atoms. The predicted molar refractivity (Wildman–Crippen MR) is 77.4 cm³/mol. The van der Waals surface area contributed by atoms with Gasteiger partial charge in [0.15, 0.2) is 0 Å². The highest BCUT2D eigenvalue weighted by atomic mass is 79.9. The summed E-state index contributed by atoms with van der Waals surface area (Å²) in [6.07, 6.45) is 0. The number of rotatable bonds is 4. The molecule has 0 spiro atoms. The van der Waals surface area contributed by atoms with Gasteiger partial charge in [-0.3, -0.25) is 0 Å². The van der Waals surface area contributed by atoms with Crippen molar-refractivity contribution in [3.63, 3.8) is 0 Å². The summed E-state index contributed by atoms with van der Waals surface area (Å²) in [4.78, 5) is 0. The van der Waals surface area contributed by atoms with Crippen LogP contribution in [-0.2, 0) is 6.61 Å². The fraction of sp³-hybridized carbons (Fsp3) is 0.200. The minimum Gasteiger partial charge on any atom is -0.489 e. The molecule has 2 aromatic rings. The Labute approximate surface area is 124 Å². The van der Waals surface area contributed by atoms with Gasteiger partial charge in [0, 0.05) is 6.04 Å². The van der Waals surface area contributed by atoms with Crippen LogP contribution in [0, 0.1) is 11.6 Å². The van der Waals surface area contributed by atoms with E-state index < -0.39 is 11.6 Å². The van der Waals surface area contributed by atoms with Gasteiger partial charge < -0.3 is 10.5 Å². The number of nitrogens with two attached hydrogens (primary N) is 1. The average molecular weight is 342 g/mol. The largest absolute Gasteiger partial charge is 0.489 e. The van der Waals surface area contributed by atoms with Gasteiger partial charge in [-0.25, -0.2) is 8.78 Å². The summed E-state index contributed by atoms with van der Waals surface area (Å²) >= 11 is 3.02. The summed E-state index contributed by atoms with van der Waals surface area (Å²) in [5.41, 5.74) is 6.61. The summed E-state index contributed by atoms with van der Waals surface area (Å²) in [7, 11) is 0. The molecule has 0 saturated heterocycles. The minimum absolute atomic E-state index is 0.0657. The van der Waals surface area contributed by atoms with Crippen molar-refractivity contribution in [3.8, 4) is 5.75 Å². The second kappa shape index (κ2) is 6.33. The molecule has 0 amide bonds. The normalized spacial score (nSPS) is 12.2. The number of ether oxygens (including phenoxy) is 1. The van der Waals surface area contributed by atoms with E-state index in [0.29, 0.717) is 5.75 Å². The van der Waals surface area contributed by atoms with Crippen LogP contribution in [0.3, 0.4) is 0 Å². The van der Waals surface area contributed by atoms with Crippen LogP contribution in [-0.4, -0.2) is 0 Å². The van der Waals surface area contributed by atoms with Crippen molar-refractivity contribution in [1.82, 2.24) is 0 Å². The van der Waals surface area contributed by atoms with Crippen LogP contribution >= 0.6 is 15.9 Å². The van der Waals surface area contributed by atoms with Gasteiger partial charge in [0.2, 0.25) is 0 Å². The lowest BCUT2D eigenvalue weighted by Gasteiger charge is -2.10. The monoisotopic (exact) mass is 341 g/mol. The van der Waals surface area contributed by atoms with Gasteiger partial charge in [-0.15, -0.1) is 0 Å². The molecule has 0 aliphatic carbocycles. The topological polar surface area (TPSA) is 35.2 Å². The maximum atomic E-state index is 13.8. The van der Waals surface area contributed by atoms with Crippen LogP contribution in [0.25, 0.3) is 0 Å². The molecule has 0 fully saturated rings. The first-order valence-corrected chi connectivity index (χ1v) is 6.89. The van der Waals surface area contributed by atoms with Gasteiger partial charge in [-0.2, -0.15) is 0 Å². The molecule has 2 nitrogen and oxygen atoms in total. The standard InChI is InChI=1S/C15H14BrF2NO/c1-9(19)10-2-4-11(5-3-10)20-8-12-14(17)7-6-13(16)15(12)18/h2-7,9H,8,19H2,1H3. The van der Waals surface area contributed by atoms with E-state index in [0.717, 1.165) is 5.56 Å². The first kappa shape index (κ1) is 14.9. The van der Waals surface area contributed by atoms with Gasteiger partial charge in [0.05, 0.1) is 10.0 Å². The number of halogens is 3.